The van der Waals surface area contributed by atoms with Crippen molar-refractivity contribution in [1.29, 1.82) is 0 Å². The van der Waals surface area contributed by atoms with Crippen LogP contribution >= 0.6 is 15.9 Å². The molecule has 0 spiro atoms. The Morgan fingerprint density at radius 2 is 0.705 bits per heavy atom. The highest BCUT2D eigenvalue weighted by molar-refractivity contribution is 9.08. The number of nitrogens with one attached hydrogen (secondary N) is 1. The maximum Gasteiger partial charge on any atom is 0.337 e. The van der Waals surface area contributed by atoms with E-state index in [9.17, 15) is 28.8 Å². The number of carboxylic acid groups (broad SMARTS) is 2. The van der Waals surface area contributed by atoms with Gasteiger partial charge in [-0.3, -0.25) is 14.6 Å². The average molecular weight is 1490 g/mol. The van der Waals surface area contributed by atoms with E-state index < -0.39 is 11.9 Å². The zero-order valence-corrected chi connectivity index (χ0v) is 62.7. The molecule has 0 fully saturated rings. The summed E-state index contributed by atoms with van der Waals surface area (Å²) in [5, 5.41) is 22.3. The number of carboxylic acids is 2. The molecule has 0 amide bonds. The molecule has 9 aromatic carbocycles. The summed E-state index contributed by atoms with van der Waals surface area (Å²) in [6.45, 7) is 11.6. The number of carbonyl (C=O) groups is 6. The molecule has 16 nitrogen and oxygen atoms in total. The van der Waals surface area contributed by atoms with Gasteiger partial charge in [-0.05, 0) is 202 Å². The number of alkyl halides is 1. The van der Waals surface area contributed by atoms with Crippen LogP contribution in [0.3, 0.4) is 0 Å². The van der Waals surface area contributed by atoms with Crippen molar-refractivity contribution in [3.05, 3.63) is 303 Å². The van der Waals surface area contributed by atoms with Crippen LogP contribution in [0.2, 0.25) is 0 Å². The second kappa shape index (κ2) is 49.6. The first kappa shape index (κ1) is 83.9. The fraction of sp³-hybridized carbons (Fsp3) is 0.318. The number of aromatic carboxylic acids is 1. The Kier molecular flexibility index (Phi) is 39.6. The van der Waals surface area contributed by atoms with E-state index in [1.54, 1.807) is 38.1 Å². The number of carbonyl (C=O) groups excluding carboxylic acids is 4. The lowest BCUT2D eigenvalue weighted by Crippen LogP contribution is -2.27. The van der Waals surface area contributed by atoms with E-state index in [-0.39, 0.29) is 35.5 Å². The highest BCUT2D eigenvalue weighted by atomic mass is 79.9. The topological polar surface area (TPSA) is 208 Å². The van der Waals surface area contributed by atoms with Gasteiger partial charge in [0.2, 0.25) is 0 Å². The van der Waals surface area contributed by atoms with Gasteiger partial charge in [-0.2, -0.15) is 0 Å². The van der Waals surface area contributed by atoms with Gasteiger partial charge < -0.3 is 48.8 Å². The Morgan fingerprint density at radius 3 is 1.07 bits per heavy atom. The minimum Gasteiger partial charge on any atom is -0.489 e. The number of hydrogen-bond acceptors (Lipinski definition) is 14. The predicted octanol–water partition coefficient (Wildman–Crippen LogP) is 17.6. The number of aliphatic carboxylic acids is 1. The number of Topliss-reactive ketones (excluding diaryl/α,β-unsaturated/α-hetero) is 2. The lowest BCUT2D eigenvalue weighted by molar-refractivity contribution is -0.137. The molecule has 554 valence electrons. The van der Waals surface area contributed by atoms with Crippen LogP contribution < -0.4 is 19.5 Å². The number of unbranched alkanes of at least 4 members (excludes halogenated alkanes) is 3. The Bertz CT molecular complexity index is 3970. The normalized spacial score (nSPS) is 10.6. The zero-order valence-electron chi connectivity index (χ0n) is 61.1. The van der Waals surface area contributed by atoms with E-state index in [1.807, 2.05) is 164 Å². The smallest absolute Gasteiger partial charge is 0.337 e. The number of para-hydroxylation sites is 3. The van der Waals surface area contributed by atoms with E-state index in [0.717, 1.165) is 153 Å². The molecule has 0 atom stereocenters. The molecule has 9 aromatic rings. The molecular weight excluding hydrogens is 1390 g/mol. The number of rotatable bonds is 41. The van der Waals surface area contributed by atoms with Crippen LogP contribution in [-0.4, -0.2) is 109 Å². The predicted molar refractivity (Wildman–Crippen MR) is 418 cm³/mol. The highest BCUT2D eigenvalue weighted by Crippen LogP contribution is 2.25. The molecule has 0 aromatic heterocycles. The van der Waals surface area contributed by atoms with Gasteiger partial charge >= 0.3 is 23.9 Å². The fourth-order valence-electron chi connectivity index (χ4n) is 11.1. The van der Waals surface area contributed by atoms with Gasteiger partial charge in [0.25, 0.3) is 0 Å². The molecule has 0 aliphatic heterocycles. The fourth-order valence-corrected chi connectivity index (χ4v) is 11.5. The number of ether oxygens (including phenoxy) is 5. The monoisotopic (exact) mass is 1490 g/mol. The Morgan fingerprint density at radius 1 is 0.362 bits per heavy atom. The number of hydrogen-bond donors (Lipinski definition) is 3. The number of esters is 2. The van der Waals surface area contributed by atoms with Crippen molar-refractivity contribution in [2.75, 3.05) is 53.5 Å². The summed E-state index contributed by atoms with van der Waals surface area (Å²) < 4.78 is 27.6. The quantitative estimate of drug-likeness (QED) is 0.0185. The van der Waals surface area contributed by atoms with Crippen LogP contribution in [0.15, 0.2) is 237 Å². The van der Waals surface area contributed by atoms with Crippen molar-refractivity contribution in [2.45, 2.75) is 129 Å². The van der Waals surface area contributed by atoms with Crippen molar-refractivity contribution in [3.63, 3.8) is 0 Å². The summed E-state index contributed by atoms with van der Waals surface area (Å²) in [6, 6.07) is 76.7. The lowest BCUT2D eigenvalue weighted by Gasteiger charge is -2.23. The molecule has 0 unspecified atom stereocenters. The number of methoxy groups -OCH3 is 2. The standard InChI is InChI=1S/C30H35NO4.C28H31NO5.C21H27NO2.C9H9BrO2/c1-24(32)10-8-9-20-31(22-25-15-17-28(18-16-25)30(33)34-2)21-19-27-13-6-7-14-29(27)35-23-26-11-4-3-5-12-26;30-27(31)12-6-7-18-29(20-22-13-15-25(16-14-22)28(32)33)19-17-24-10-4-5-11-26(24)34-21-23-8-2-1-3-9-23;1-18(23)9-7-8-15-22-16-14-20-12-5-6-13-21(20)24-17-19-10-3-2-4-11-19;1-12-9(11)8-4-2-7(6-10)3-5-8/h3-7,11-18H,8-10,19-23H2,1-2H3;1-5,8-11,13-16H,6-7,12,17-21H2,(H,30,31)(H,32,33);2-6,10-13,22H,7-9,14-17H2,1H3;2-5H,6H2,1H3. The summed E-state index contributed by atoms with van der Waals surface area (Å²) in [6.07, 6.45) is 9.35. The number of nitrogens with zero attached hydrogens (tertiary/aromatic N) is 2. The minimum absolute atomic E-state index is 0.164. The van der Waals surface area contributed by atoms with Crippen molar-refractivity contribution in [1.82, 2.24) is 15.1 Å². The maximum absolute atomic E-state index is 11.7. The zero-order chi connectivity index (χ0) is 75.1. The Hall–Kier alpha value is -10.0. The highest BCUT2D eigenvalue weighted by Gasteiger charge is 2.15. The van der Waals surface area contributed by atoms with Crippen LogP contribution in [0.1, 0.15) is 153 Å². The third kappa shape index (κ3) is 34.4. The first-order valence-corrected chi connectivity index (χ1v) is 37.0. The van der Waals surface area contributed by atoms with Crippen LogP contribution in [-0.2, 0) is 81.4 Å². The SMILES string of the molecule is CC(=O)CCCCNCCc1ccccc1OCc1ccccc1.COC(=O)c1ccc(CBr)cc1.COC(=O)c1ccc(CN(CCCCC(C)=O)CCc2ccccc2OCc2ccccc2)cc1.O=C(O)CCCCN(CCc1ccccc1OCc1ccccc1)Cc1ccc(C(=O)O)cc1. The van der Waals surface area contributed by atoms with Gasteiger partial charge in [0, 0.05) is 50.8 Å². The largest absolute Gasteiger partial charge is 0.489 e. The minimum atomic E-state index is -0.941. The first-order chi connectivity index (χ1) is 51.1. The molecule has 9 rings (SSSR count). The Labute approximate surface area is 628 Å². The van der Waals surface area contributed by atoms with Gasteiger partial charge in [-0.25, -0.2) is 14.4 Å². The van der Waals surface area contributed by atoms with Gasteiger partial charge in [-0.1, -0.05) is 198 Å². The third-order valence-electron chi connectivity index (χ3n) is 17.0. The van der Waals surface area contributed by atoms with Crippen LogP contribution in [0.4, 0.5) is 0 Å². The number of halogens is 1. The number of benzene rings is 9. The summed E-state index contributed by atoms with van der Waals surface area (Å²) in [4.78, 5) is 71.6. The second-order valence-electron chi connectivity index (χ2n) is 25.4. The third-order valence-corrected chi connectivity index (χ3v) is 17.7. The van der Waals surface area contributed by atoms with E-state index in [0.29, 0.717) is 56.8 Å². The van der Waals surface area contributed by atoms with Gasteiger partial charge in [-0.15, -0.1) is 0 Å². The average Bonchev–Trinajstić information content (AvgIpc) is 0.904. The molecule has 0 bridgehead atoms. The van der Waals surface area contributed by atoms with Gasteiger partial charge in [0.15, 0.2) is 0 Å². The molecule has 105 heavy (non-hydrogen) atoms. The van der Waals surface area contributed by atoms with E-state index in [4.69, 9.17) is 29.2 Å². The second-order valence-corrected chi connectivity index (χ2v) is 25.9. The van der Waals surface area contributed by atoms with Crippen molar-refractivity contribution >= 4 is 51.4 Å². The molecular formula is C88H102BrN3O13. The first-order valence-electron chi connectivity index (χ1n) is 35.9. The summed E-state index contributed by atoms with van der Waals surface area (Å²) >= 11 is 3.32. The van der Waals surface area contributed by atoms with Crippen LogP contribution in [0, 0.1) is 0 Å². The molecule has 0 aliphatic carbocycles. The van der Waals surface area contributed by atoms with Gasteiger partial charge in [0.05, 0.1) is 30.9 Å². The van der Waals surface area contributed by atoms with Crippen molar-refractivity contribution in [2.24, 2.45) is 0 Å². The van der Waals surface area contributed by atoms with Crippen molar-refractivity contribution in [3.8, 4) is 17.2 Å². The van der Waals surface area contributed by atoms with E-state index in [2.05, 4.69) is 84.3 Å². The Balaban J connectivity index is 0.000000232. The molecule has 17 heteroatoms. The molecule has 3 N–H and O–H groups in total. The summed E-state index contributed by atoms with van der Waals surface area (Å²) in [7, 11) is 2.77. The van der Waals surface area contributed by atoms with Crippen LogP contribution in [0.25, 0.3) is 0 Å². The van der Waals surface area contributed by atoms with Crippen LogP contribution in [0.5, 0.6) is 17.2 Å². The van der Waals surface area contributed by atoms with E-state index in [1.165, 1.54) is 30.9 Å². The molecule has 0 saturated heterocycles. The number of ketones is 2. The molecule has 0 aliphatic rings. The summed E-state index contributed by atoms with van der Waals surface area (Å²) in [5.74, 6) is 0.905. The molecule has 0 saturated carbocycles. The van der Waals surface area contributed by atoms with E-state index >= 15 is 0 Å². The molecule has 0 radical (unpaired) electrons. The maximum atomic E-state index is 11.7. The molecule has 0 heterocycles. The lowest BCUT2D eigenvalue weighted by atomic mass is 10.1. The van der Waals surface area contributed by atoms with Crippen molar-refractivity contribution < 1.29 is 62.7 Å². The van der Waals surface area contributed by atoms with Gasteiger partial charge in [0.1, 0.15) is 48.6 Å². The summed E-state index contributed by atoms with van der Waals surface area (Å²) in [5.41, 5.74) is 11.7.